The topological polar surface area (TPSA) is 48.8 Å². The number of hydrogen-bond acceptors (Lipinski definition) is 4. The van der Waals surface area contributed by atoms with E-state index in [9.17, 15) is 0 Å². The number of nitrogens with one attached hydrogen (secondary N) is 2. The van der Waals surface area contributed by atoms with Crippen LogP contribution in [0.5, 0.6) is 0 Å². The Bertz CT molecular complexity index is 1590. The minimum atomic E-state index is 0.851. The first-order valence-electron chi connectivity index (χ1n) is 14.5. The second-order valence-corrected chi connectivity index (χ2v) is 11.4. The normalized spacial score (nSPS) is 15.0. The fourth-order valence-corrected chi connectivity index (χ4v) is 5.46. The second kappa shape index (κ2) is 12.0. The van der Waals surface area contributed by atoms with Gasteiger partial charge in [-0.1, -0.05) is 72.8 Å². The van der Waals surface area contributed by atoms with Crippen molar-refractivity contribution >= 4 is 34.2 Å². The zero-order valence-electron chi connectivity index (χ0n) is 26.0. The number of anilines is 2. The lowest BCUT2D eigenvalue weighted by Crippen LogP contribution is -2.23. The zero-order chi connectivity index (χ0) is 30.0. The molecule has 0 radical (unpaired) electrons. The van der Waals surface area contributed by atoms with E-state index >= 15 is 0 Å². The number of hydrogen-bond donors (Lipinski definition) is 2. The predicted octanol–water partition coefficient (Wildman–Crippen LogP) is 10.0. The zero-order valence-corrected chi connectivity index (χ0v) is 26.0. The molecule has 0 unspecified atom stereocenters. The van der Waals surface area contributed by atoms with Crippen molar-refractivity contribution < 1.29 is 0 Å². The van der Waals surface area contributed by atoms with Crippen LogP contribution in [0, 0.1) is 55.4 Å². The van der Waals surface area contributed by atoms with Gasteiger partial charge in [-0.25, -0.2) is 9.98 Å². The van der Waals surface area contributed by atoms with E-state index in [4.69, 9.17) is 9.98 Å². The first-order chi connectivity index (χ1) is 20.1. The summed E-state index contributed by atoms with van der Waals surface area (Å²) < 4.78 is 0. The number of rotatable bonds is 6. The van der Waals surface area contributed by atoms with Gasteiger partial charge in [-0.2, -0.15) is 0 Å². The van der Waals surface area contributed by atoms with E-state index in [2.05, 4.69) is 151 Å². The van der Waals surface area contributed by atoms with E-state index in [0.717, 1.165) is 67.8 Å². The summed E-state index contributed by atoms with van der Waals surface area (Å²) in [6.45, 7) is 17.0. The van der Waals surface area contributed by atoms with Gasteiger partial charge >= 0.3 is 0 Å². The maximum atomic E-state index is 5.28. The van der Waals surface area contributed by atoms with Crippen LogP contribution in [0.25, 0.3) is 0 Å². The molecule has 0 saturated carbocycles. The molecule has 4 aromatic rings. The van der Waals surface area contributed by atoms with Crippen LogP contribution in [0.4, 0.5) is 22.7 Å². The monoisotopic (exact) mass is 552 g/mol. The van der Waals surface area contributed by atoms with Crippen LogP contribution < -0.4 is 10.6 Å². The van der Waals surface area contributed by atoms with Crippen LogP contribution in [0.15, 0.2) is 106 Å². The van der Waals surface area contributed by atoms with Crippen LogP contribution in [0.2, 0.25) is 0 Å². The van der Waals surface area contributed by atoms with E-state index in [1.807, 2.05) is 0 Å². The Morgan fingerprint density at radius 3 is 0.929 bits per heavy atom. The Labute approximate surface area is 250 Å². The minimum Gasteiger partial charge on any atom is -0.353 e. The van der Waals surface area contributed by atoms with E-state index in [1.54, 1.807) is 0 Å². The first kappa shape index (κ1) is 28.8. The van der Waals surface area contributed by atoms with Crippen molar-refractivity contribution in [2.45, 2.75) is 55.4 Å². The number of allylic oxidation sites excluding steroid dienone is 2. The maximum Gasteiger partial charge on any atom is 0.0894 e. The number of para-hydroxylation sites is 4. The van der Waals surface area contributed by atoms with Crippen molar-refractivity contribution in [2.75, 3.05) is 10.6 Å². The molecule has 0 aliphatic heterocycles. The molecular weight excluding hydrogens is 512 g/mol. The van der Waals surface area contributed by atoms with Crippen LogP contribution >= 0.6 is 0 Å². The maximum absolute atomic E-state index is 5.28. The SMILES string of the molecule is Cc1cccc(C)c1N=C1C=C(Nc2c(C)cccc2C)C(=Nc2c(C)cccc2C)C=C1Nc1c(C)cccc1C. The van der Waals surface area contributed by atoms with Crippen molar-refractivity contribution in [3.8, 4) is 0 Å². The first-order valence-corrected chi connectivity index (χ1v) is 14.5. The summed E-state index contributed by atoms with van der Waals surface area (Å²) in [5.41, 5.74) is 16.9. The van der Waals surface area contributed by atoms with Crippen molar-refractivity contribution in [3.63, 3.8) is 0 Å². The average Bonchev–Trinajstić information content (AvgIpc) is 2.94. The van der Waals surface area contributed by atoms with E-state index in [-0.39, 0.29) is 0 Å². The highest BCUT2D eigenvalue weighted by atomic mass is 15.0. The molecule has 0 aromatic heterocycles. The lowest BCUT2D eigenvalue weighted by Gasteiger charge is -2.24. The molecule has 5 rings (SSSR count). The van der Waals surface area contributed by atoms with Gasteiger partial charge in [-0.3, -0.25) is 0 Å². The van der Waals surface area contributed by atoms with Crippen LogP contribution in [0.3, 0.4) is 0 Å². The third kappa shape index (κ3) is 5.99. The third-order valence-corrected chi connectivity index (χ3v) is 7.94. The molecule has 0 atom stereocenters. The van der Waals surface area contributed by atoms with Gasteiger partial charge in [-0.15, -0.1) is 0 Å². The molecule has 0 heterocycles. The molecule has 42 heavy (non-hydrogen) atoms. The standard InChI is InChI=1S/C38H40N4/c1-23-13-9-14-24(2)35(23)39-31-21-33(41-37-27(5)17-11-18-28(37)6)34(42-38-29(7)19-12-20-30(38)8)22-32(31)40-36-25(3)15-10-16-26(36)4/h9-22,39,42H,1-8H3. The number of aliphatic imine (C=N–C) groups is 2. The summed E-state index contributed by atoms with van der Waals surface area (Å²) in [5.74, 6) is 0. The Morgan fingerprint density at radius 2 is 0.643 bits per heavy atom. The fraction of sp³-hybridized carbons (Fsp3) is 0.211. The predicted molar refractivity (Wildman–Crippen MR) is 181 cm³/mol. The summed E-state index contributed by atoms with van der Waals surface area (Å²) in [5, 5.41) is 7.51. The Balaban J connectivity index is 1.75. The smallest absolute Gasteiger partial charge is 0.0894 e. The second-order valence-electron chi connectivity index (χ2n) is 11.4. The molecule has 1 aliphatic carbocycles. The summed E-state index contributed by atoms with van der Waals surface area (Å²) >= 11 is 0. The molecule has 0 spiro atoms. The van der Waals surface area contributed by atoms with Gasteiger partial charge in [0.05, 0.1) is 34.2 Å². The van der Waals surface area contributed by atoms with Gasteiger partial charge < -0.3 is 10.6 Å². The number of benzene rings is 4. The summed E-state index contributed by atoms with van der Waals surface area (Å²) in [6.07, 6.45) is 4.28. The van der Waals surface area contributed by atoms with Crippen LogP contribution in [-0.4, -0.2) is 11.4 Å². The molecule has 4 nitrogen and oxygen atoms in total. The highest BCUT2D eigenvalue weighted by Crippen LogP contribution is 2.32. The largest absolute Gasteiger partial charge is 0.353 e. The molecule has 0 fully saturated rings. The Hall–Kier alpha value is -4.70. The van der Waals surface area contributed by atoms with Crippen LogP contribution in [0.1, 0.15) is 44.5 Å². The molecule has 2 N–H and O–H groups in total. The highest BCUT2D eigenvalue weighted by molar-refractivity contribution is 6.26. The van der Waals surface area contributed by atoms with Crippen LogP contribution in [-0.2, 0) is 0 Å². The average molecular weight is 553 g/mol. The fourth-order valence-electron chi connectivity index (χ4n) is 5.46. The molecule has 0 amide bonds. The number of nitrogens with zero attached hydrogens (tertiary/aromatic N) is 2. The molecule has 4 heteroatoms. The van der Waals surface area contributed by atoms with E-state index in [0.29, 0.717) is 0 Å². The lowest BCUT2D eigenvalue weighted by molar-refractivity contribution is 1.29. The summed E-state index contributed by atoms with van der Waals surface area (Å²) in [6, 6.07) is 25.4. The Morgan fingerprint density at radius 1 is 0.381 bits per heavy atom. The minimum absolute atomic E-state index is 0.851. The molecule has 4 aromatic carbocycles. The summed E-state index contributed by atoms with van der Waals surface area (Å²) in [7, 11) is 0. The molecule has 0 bridgehead atoms. The highest BCUT2D eigenvalue weighted by Gasteiger charge is 2.22. The molecular formula is C38H40N4. The van der Waals surface area contributed by atoms with Crippen molar-refractivity contribution in [1.82, 2.24) is 0 Å². The van der Waals surface area contributed by atoms with E-state index in [1.165, 1.54) is 22.3 Å². The Kier molecular flexibility index (Phi) is 8.26. The van der Waals surface area contributed by atoms with Crippen molar-refractivity contribution in [3.05, 3.63) is 141 Å². The van der Waals surface area contributed by atoms with E-state index < -0.39 is 0 Å². The van der Waals surface area contributed by atoms with Crippen molar-refractivity contribution in [1.29, 1.82) is 0 Å². The van der Waals surface area contributed by atoms with Gasteiger partial charge in [0.1, 0.15) is 0 Å². The summed E-state index contributed by atoms with van der Waals surface area (Å²) in [4.78, 5) is 10.6. The number of aryl methyl sites for hydroxylation is 8. The molecule has 212 valence electrons. The van der Waals surface area contributed by atoms with Gasteiger partial charge in [-0.05, 0) is 112 Å². The van der Waals surface area contributed by atoms with Gasteiger partial charge in [0.2, 0.25) is 0 Å². The van der Waals surface area contributed by atoms with Gasteiger partial charge in [0.15, 0.2) is 0 Å². The third-order valence-electron chi connectivity index (χ3n) is 7.94. The molecule has 1 aliphatic rings. The lowest BCUT2D eigenvalue weighted by atomic mass is 10.00. The van der Waals surface area contributed by atoms with Gasteiger partial charge in [0.25, 0.3) is 0 Å². The molecule has 0 saturated heterocycles. The van der Waals surface area contributed by atoms with Crippen molar-refractivity contribution in [2.24, 2.45) is 9.98 Å². The van der Waals surface area contributed by atoms with Gasteiger partial charge in [0, 0.05) is 11.4 Å². The quantitative estimate of drug-likeness (QED) is 0.234.